The van der Waals surface area contributed by atoms with Crippen LogP contribution in [0.2, 0.25) is 0 Å². The van der Waals surface area contributed by atoms with Gasteiger partial charge in [-0.1, -0.05) is 30.7 Å². The van der Waals surface area contributed by atoms with E-state index in [2.05, 4.69) is 39.0 Å². The van der Waals surface area contributed by atoms with E-state index in [0.717, 1.165) is 6.42 Å². The summed E-state index contributed by atoms with van der Waals surface area (Å²) in [6, 6.07) is 6.45. The topological polar surface area (TPSA) is 46.2 Å². The van der Waals surface area contributed by atoms with Crippen molar-refractivity contribution in [1.29, 1.82) is 0 Å². The van der Waals surface area contributed by atoms with Crippen LogP contribution in [0.1, 0.15) is 36.0 Å². The molecule has 0 aliphatic carbocycles. The minimum atomic E-state index is -0.388. The zero-order valence-electron chi connectivity index (χ0n) is 9.83. The molecule has 1 aromatic carbocycles. The highest BCUT2D eigenvalue weighted by molar-refractivity contribution is 5.32. The summed E-state index contributed by atoms with van der Waals surface area (Å²) in [7, 11) is 0. The molecule has 1 rings (SSSR count). The standard InChI is InChI=1S/C13H21NO/c1-9-4-5-13(10(2)6-9)11(3)7-12(15)8-14/h4-6,11-12,15H,7-8,14H2,1-3H3. The van der Waals surface area contributed by atoms with Crippen LogP contribution in [0.5, 0.6) is 0 Å². The Kier molecular flexibility index (Phi) is 4.30. The van der Waals surface area contributed by atoms with Gasteiger partial charge in [0.2, 0.25) is 0 Å². The summed E-state index contributed by atoms with van der Waals surface area (Å²) >= 11 is 0. The first-order chi connectivity index (χ1) is 7.04. The SMILES string of the molecule is Cc1ccc(C(C)CC(O)CN)c(C)c1. The lowest BCUT2D eigenvalue weighted by Crippen LogP contribution is -2.21. The maximum Gasteiger partial charge on any atom is 0.0668 e. The average Bonchev–Trinajstić information content (AvgIpc) is 2.17. The van der Waals surface area contributed by atoms with Gasteiger partial charge < -0.3 is 10.8 Å². The van der Waals surface area contributed by atoms with Gasteiger partial charge in [0, 0.05) is 6.54 Å². The molecule has 0 saturated heterocycles. The van der Waals surface area contributed by atoms with Crippen LogP contribution in [0.25, 0.3) is 0 Å². The van der Waals surface area contributed by atoms with Crippen LogP contribution in [0.3, 0.4) is 0 Å². The smallest absolute Gasteiger partial charge is 0.0668 e. The fourth-order valence-electron chi connectivity index (χ4n) is 2.01. The van der Waals surface area contributed by atoms with Gasteiger partial charge in [0.05, 0.1) is 6.10 Å². The predicted molar refractivity (Wildman–Crippen MR) is 64.0 cm³/mol. The Morgan fingerprint density at radius 1 is 1.33 bits per heavy atom. The van der Waals surface area contributed by atoms with Gasteiger partial charge in [-0.25, -0.2) is 0 Å². The Morgan fingerprint density at radius 3 is 2.53 bits per heavy atom. The maximum atomic E-state index is 9.51. The van der Waals surface area contributed by atoms with E-state index in [1.54, 1.807) is 0 Å². The van der Waals surface area contributed by atoms with Crippen LogP contribution in [0, 0.1) is 13.8 Å². The number of aliphatic hydroxyl groups is 1. The lowest BCUT2D eigenvalue weighted by Gasteiger charge is -2.17. The number of hydrogen-bond donors (Lipinski definition) is 2. The van der Waals surface area contributed by atoms with E-state index in [4.69, 9.17) is 5.73 Å². The second-order valence-electron chi connectivity index (χ2n) is 4.39. The second-order valence-corrected chi connectivity index (χ2v) is 4.39. The van der Waals surface area contributed by atoms with Crippen LogP contribution in [0.4, 0.5) is 0 Å². The number of hydrogen-bond acceptors (Lipinski definition) is 2. The minimum absolute atomic E-state index is 0.343. The third kappa shape index (κ3) is 3.33. The summed E-state index contributed by atoms with van der Waals surface area (Å²) in [5, 5.41) is 9.51. The fourth-order valence-corrected chi connectivity index (χ4v) is 2.01. The van der Waals surface area contributed by atoms with Crippen molar-refractivity contribution in [3.8, 4) is 0 Å². The Hall–Kier alpha value is -0.860. The lowest BCUT2D eigenvalue weighted by atomic mass is 9.91. The highest BCUT2D eigenvalue weighted by atomic mass is 16.3. The first kappa shape index (κ1) is 12.2. The molecule has 0 spiro atoms. The van der Waals surface area contributed by atoms with E-state index in [-0.39, 0.29) is 6.10 Å². The molecule has 0 aliphatic rings. The van der Waals surface area contributed by atoms with Crippen molar-refractivity contribution in [3.63, 3.8) is 0 Å². The van der Waals surface area contributed by atoms with E-state index >= 15 is 0 Å². The molecule has 15 heavy (non-hydrogen) atoms. The maximum absolute atomic E-state index is 9.51. The summed E-state index contributed by atoms with van der Waals surface area (Å²) in [4.78, 5) is 0. The third-order valence-electron chi connectivity index (χ3n) is 2.85. The first-order valence-corrected chi connectivity index (χ1v) is 5.50. The van der Waals surface area contributed by atoms with E-state index in [9.17, 15) is 5.11 Å². The number of aliphatic hydroxyl groups excluding tert-OH is 1. The van der Waals surface area contributed by atoms with Crippen molar-refractivity contribution in [2.75, 3.05) is 6.54 Å². The molecular weight excluding hydrogens is 186 g/mol. The third-order valence-corrected chi connectivity index (χ3v) is 2.85. The van der Waals surface area contributed by atoms with E-state index in [1.807, 2.05) is 0 Å². The molecule has 2 atom stereocenters. The molecule has 0 saturated carbocycles. The molecule has 2 heteroatoms. The molecule has 0 bridgehead atoms. The predicted octanol–water partition coefficient (Wildman–Crippen LogP) is 2.12. The van der Waals surface area contributed by atoms with E-state index in [1.165, 1.54) is 16.7 Å². The molecule has 0 fully saturated rings. The Labute approximate surface area is 92.1 Å². The molecule has 0 heterocycles. The van der Waals surface area contributed by atoms with Crippen molar-refractivity contribution in [1.82, 2.24) is 0 Å². The Bertz CT molecular complexity index is 322. The lowest BCUT2D eigenvalue weighted by molar-refractivity contribution is 0.165. The van der Waals surface area contributed by atoms with Crippen molar-refractivity contribution in [2.45, 2.75) is 39.2 Å². The molecule has 2 unspecified atom stereocenters. The quantitative estimate of drug-likeness (QED) is 0.794. The number of benzene rings is 1. The second kappa shape index (κ2) is 5.29. The van der Waals surface area contributed by atoms with Gasteiger partial charge in [-0.2, -0.15) is 0 Å². The molecule has 0 aromatic heterocycles. The van der Waals surface area contributed by atoms with Crippen LogP contribution >= 0.6 is 0 Å². The Morgan fingerprint density at radius 2 is 2.00 bits per heavy atom. The summed E-state index contributed by atoms with van der Waals surface area (Å²) in [6.45, 7) is 6.69. The van der Waals surface area contributed by atoms with E-state index < -0.39 is 0 Å². The molecule has 84 valence electrons. The van der Waals surface area contributed by atoms with Gasteiger partial charge in [-0.3, -0.25) is 0 Å². The number of nitrogens with two attached hydrogens (primary N) is 1. The highest BCUT2D eigenvalue weighted by Gasteiger charge is 2.12. The average molecular weight is 207 g/mol. The number of aryl methyl sites for hydroxylation is 2. The fraction of sp³-hybridized carbons (Fsp3) is 0.538. The monoisotopic (exact) mass is 207 g/mol. The van der Waals surface area contributed by atoms with Crippen molar-refractivity contribution < 1.29 is 5.11 Å². The van der Waals surface area contributed by atoms with Crippen molar-refractivity contribution in [2.24, 2.45) is 5.73 Å². The first-order valence-electron chi connectivity index (χ1n) is 5.50. The van der Waals surface area contributed by atoms with Crippen LogP contribution in [0.15, 0.2) is 18.2 Å². The normalized spacial score (nSPS) is 15.0. The molecule has 1 aromatic rings. The van der Waals surface area contributed by atoms with Gasteiger partial charge in [-0.05, 0) is 37.3 Å². The molecule has 3 N–H and O–H groups in total. The van der Waals surface area contributed by atoms with Gasteiger partial charge in [-0.15, -0.1) is 0 Å². The molecule has 0 amide bonds. The largest absolute Gasteiger partial charge is 0.392 e. The summed E-state index contributed by atoms with van der Waals surface area (Å²) < 4.78 is 0. The number of rotatable bonds is 4. The molecule has 0 aliphatic heterocycles. The molecular formula is C13H21NO. The molecule has 0 radical (unpaired) electrons. The van der Waals surface area contributed by atoms with E-state index in [0.29, 0.717) is 12.5 Å². The van der Waals surface area contributed by atoms with Crippen LogP contribution < -0.4 is 5.73 Å². The Balaban J connectivity index is 2.77. The minimum Gasteiger partial charge on any atom is -0.392 e. The van der Waals surface area contributed by atoms with Gasteiger partial charge in [0.25, 0.3) is 0 Å². The summed E-state index contributed by atoms with van der Waals surface area (Å²) in [5.41, 5.74) is 9.30. The van der Waals surface area contributed by atoms with Gasteiger partial charge in [0.15, 0.2) is 0 Å². The van der Waals surface area contributed by atoms with Gasteiger partial charge >= 0.3 is 0 Å². The zero-order chi connectivity index (χ0) is 11.4. The van der Waals surface area contributed by atoms with Crippen LogP contribution in [-0.2, 0) is 0 Å². The van der Waals surface area contributed by atoms with Crippen molar-refractivity contribution in [3.05, 3.63) is 34.9 Å². The molecule has 2 nitrogen and oxygen atoms in total. The van der Waals surface area contributed by atoms with Gasteiger partial charge in [0.1, 0.15) is 0 Å². The highest BCUT2D eigenvalue weighted by Crippen LogP contribution is 2.24. The summed E-state index contributed by atoms with van der Waals surface area (Å²) in [6.07, 6.45) is 0.348. The van der Waals surface area contributed by atoms with Crippen LogP contribution in [-0.4, -0.2) is 17.8 Å². The van der Waals surface area contributed by atoms with Crippen molar-refractivity contribution >= 4 is 0 Å². The zero-order valence-corrected chi connectivity index (χ0v) is 9.83. The summed E-state index contributed by atoms with van der Waals surface area (Å²) in [5.74, 6) is 0.365.